The number of carbonyl (C=O) groups excluding carboxylic acids is 1. The van der Waals surface area contributed by atoms with Crippen LogP contribution in [0.25, 0.3) is 0 Å². The van der Waals surface area contributed by atoms with Gasteiger partial charge in [0, 0.05) is 25.5 Å². The van der Waals surface area contributed by atoms with Gasteiger partial charge in [0.2, 0.25) is 5.91 Å². The zero-order valence-electron chi connectivity index (χ0n) is 21.2. The molecule has 0 radical (unpaired) electrons. The summed E-state index contributed by atoms with van der Waals surface area (Å²) in [5.41, 5.74) is 1.31. The lowest BCUT2D eigenvalue weighted by Gasteiger charge is -2.39. The second-order valence-corrected chi connectivity index (χ2v) is 12.5. The number of rotatable bonds is 7. The van der Waals surface area contributed by atoms with Crippen LogP contribution in [0.15, 0.2) is 71.9 Å². The number of piperidine rings is 1. The van der Waals surface area contributed by atoms with Crippen molar-refractivity contribution in [2.45, 2.75) is 42.2 Å². The van der Waals surface area contributed by atoms with Crippen molar-refractivity contribution in [1.82, 2.24) is 9.88 Å². The Morgan fingerprint density at radius 3 is 2.49 bits per heavy atom. The molecule has 11 heteroatoms. The van der Waals surface area contributed by atoms with Crippen LogP contribution in [0.5, 0.6) is 0 Å². The van der Waals surface area contributed by atoms with E-state index in [0.29, 0.717) is 44.5 Å². The molecular weight excluding hydrogens is 561 g/mol. The number of halogens is 2. The Morgan fingerprint density at radius 1 is 1.05 bits per heavy atom. The van der Waals surface area contributed by atoms with Crippen LogP contribution < -0.4 is 4.31 Å². The molecule has 2 aliphatic rings. The molecule has 3 heterocycles. The monoisotopic (exact) mass is 589 g/mol. The summed E-state index contributed by atoms with van der Waals surface area (Å²) in [4.78, 5) is 18.6. The quantitative estimate of drug-likeness (QED) is 0.438. The van der Waals surface area contributed by atoms with Gasteiger partial charge in [-0.3, -0.25) is 14.1 Å². The number of aromatic nitrogens is 1. The summed E-state index contributed by atoms with van der Waals surface area (Å²) >= 11 is 12.2. The van der Waals surface area contributed by atoms with Crippen molar-refractivity contribution in [3.8, 4) is 0 Å². The minimum atomic E-state index is -3.99. The van der Waals surface area contributed by atoms with E-state index in [2.05, 4.69) is 4.98 Å². The van der Waals surface area contributed by atoms with Gasteiger partial charge in [0.1, 0.15) is 6.61 Å². The maximum atomic E-state index is 13.8. The number of fused-ring (bicyclic) bond motifs is 1. The van der Waals surface area contributed by atoms with Crippen molar-refractivity contribution in [3.05, 3.63) is 88.2 Å². The molecule has 39 heavy (non-hydrogen) atoms. The fraction of sp³-hybridized carbons (Fsp3) is 0.357. The van der Waals surface area contributed by atoms with E-state index in [9.17, 15) is 18.3 Å². The first-order valence-electron chi connectivity index (χ1n) is 12.7. The molecule has 0 bridgehead atoms. The minimum Gasteiger partial charge on any atom is -0.385 e. The van der Waals surface area contributed by atoms with E-state index in [4.69, 9.17) is 27.9 Å². The number of hydrogen-bond donors (Lipinski definition) is 1. The maximum absolute atomic E-state index is 13.8. The van der Waals surface area contributed by atoms with Gasteiger partial charge in [-0.25, -0.2) is 8.42 Å². The molecule has 1 amide bonds. The Kier molecular flexibility index (Phi) is 8.16. The normalized spacial score (nSPS) is 19.0. The third-order valence-electron chi connectivity index (χ3n) is 7.45. The number of para-hydroxylation sites is 1. The van der Waals surface area contributed by atoms with Gasteiger partial charge in [0.15, 0.2) is 0 Å². The van der Waals surface area contributed by atoms with Crippen LogP contribution in [0.3, 0.4) is 0 Å². The topological polar surface area (TPSA) is 100 Å². The number of ether oxygens (including phenoxy) is 1. The average Bonchev–Trinajstić information content (AvgIpc) is 2.95. The fourth-order valence-corrected chi connectivity index (χ4v) is 7.34. The Labute approximate surface area is 238 Å². The summed E-state index contributed by atoms with van der Waals surface area (Å²) in [6, 6.07) is 14.7. The number of aliphatic hydroxyl groups is 1. The van der Waals surface area contributed by atoms with Gasteiger partial charge in [-0.05, 0) is 73.2 Å². The summed E-state index contributed by atoms with van der Waals surface area (Å²) < 4.78 is 34.8. The molecule has 1 N–H and O–H groups in total. The highest BCUT2D eigenvalue weighted by molar-refractivity contribution is 7.92. The predicted octanol–water partition coefficient (Wildman–Crippen LogP) is 4.43. The lowest BCUT2D eigenvalue weighted by atomic mass is 9.85. The van der Waals surface area contributed by atoms with Crippen molar-refractivity contribution >= 4 is 44.8 Å². The van der Waals surface area contributed by atoms with E-state index in [1.54, 1.807) is 41.6 Å². The van der Waals surface area contributed by atoms with E-state index in [-0.39, 0.29) is 34.1 Å². The maximum Gasteiger partial charge on any atom is 0.264 e. The molecule has 2 aromatic carbocycles. The molecule has 0 spiro atoms. The largest absolute Gasteiger partial charge is 0.385 e. The number of likely N-dealkylation sites (tertiary alicyclic amines) is 1. The first kappa shape index (κ1) is 27.9. The molecule has 0 saturated carbocycles. The van der Waals surface area contributed by atoms with Gasteiger partial charge in [-0.15, -0.1) is 0 Å². The molecule has 1 aromatic heterocycles. The summed E-state index contributed by atoms with van der Waals surface area (Å²) in [5, 5.41) is 11.4. The molecule has 5 rings (SSSR count). The summed E-state index contributed by atoms with van der Waals surface area (Å²) in [5.74, 6) is -0.193. The number of amides is 1. The minimum absolute atomic E-state index is 0.0321. The third kappa shape index (κ3) is 5.78. The third-order valence-corrected chi connectivity index (χ3v) is 10.1. The van der Waals surface area contributed by atoms with Crippen LogP contribution in [0, 0.1) is 0 Å². The van der Waals surface area contributed by atoms with Crippen molar-refractivity contribution in [2.24, 2.45) is 0 Å². The SMILES string of the molecule is O=C(COCC1CCc2ccccc2N1S(=O)(=O)c1ccc(Cl)c(Cl)c1)N1CCC(O)(c2ccncc2)CC1. The number of sulfonamides is 1. The lowest BCUT2D eigenvalue weighted by molar-refractivity contribution is -0.140. The molecule has 2 aliphatic heterocycles. The smallest absolute Gasteiger partial charge is 0.264 e. The van der Waals surface area contributed by atoms with Crippen molar-refractivity contribution in [3.63, 3.8) is 0 Å². The predicted molar refractivity (Wildman–Crippen MR) is 149 cm³/mol. The Balaban J connectivity index is 1.26. The molecule has 1 saturated heterocycles. The first-order chi connectivity index (χ1) is 18.7. The molecule has 1 unspecified atom stereocenters. The van der Waals surface area contributed by atoms with Crippen molar-refractivity contribution in [1.29, 1.82) is 0 Å². The summed E-state index contributed by atoms with van der Waals surface area (Å²) in [7, 11) is -3.99. The fourth-order valence-electron chi connectivity index (χ4n) is 5.25. The molecular formula is C28H29Cl2N3O5S. The van der Waals surface area contributed by atoms with Crippen LogP contribution in [-0.4, -0.2) is 61.7 Å². The van der Waals surface area contributed by atoms with Gasteiger partial charge in [0.05, 0.1) is 38.9 Å². The highest BCUT2D eigenvalue weighted by Gasteiger charge is 2.38. The highest BCUT2D eigenvalue weighted by atomic mass is 35.5. The van der Waals surface area contributed by atoms with Gasteiger partial charge in [-0.2, -0.15) is 0 Å². The molecule has 0 aliphatic carbocycles. The lowest BCUT2D eigenvalue weighted by Crippen LogP contribution is -2.48. The number of benzene rings is 2. The van der Waals surface area contributed by atoms with Crippen LogP contribution >= 0.6 is 23.2 Å². The number of carbonyl (C=O) groups is 1. The average molecular weight is 591 g/mol. The zero-order chi connectivity index (χ0) is 27.6. The van der Waals surface area contributed by atoms with E-state index < -0.39 is 21.7 Å². The van der Waals surface area contributed by atoms with E-state index in [1.165, 1.54) is 22.5 Å². The van der Waals surface area contributed by atoms with E-state index in [0.717, 1.165) is 11.1 Å². The number of aryl methyl sites for hydroxylation is 1. The number of pyridine rings is 1. The van der Waals surface area contributed by atoms with Gasteiger partial charge in [0.25, 0.3) is 10.0 Å². The summed E-state index contributed by atoms with van der Waals surface area (Å²) in [6.07, 6.45) is 5.34. The first-order valence-corrected chi connectivity index (χ1v) is 14.9. The highest BCUT2D eigenvalue weighted by Crippen LogP contribution is 2.37. The van der Waals surface area contributed by atoms with Gasteiger partial charge < -0.3 is 14.7 Å². The van der Waals surface area contributed by atoms with Crippen LogP contribution in [0.4, 0.5) is 5.69 Å². The Morgan fingerprint density at radius 2 is 1.77 bits per heavy atom. The molecule has 3 aromatic rings. The van der Waals surface area contributed by atoms with E-state index in [1.807, 2.05) is 12.1 Å². The molecule has 1 fully saturated rings. The Bertz CT molecular complexity index is 1450. The van der Waals surface area contributed by atoms with E-state index >= 15 is 0 Å². The van der Waals surface area contributed by atoms with Crippen LogP contribution in [0.2, 0.25) is 10.0 Å². The Hall–Kier alpha value is -2.69. The van der Waals surface area contributed by atoms with Crippen molar-refractivity contribution < 1.29 is 23.1 Å². The molecule has 1 atom stereocenters. The number of hydrogen-bond acceptors (Lipinski definition) is 6. The second-order valence-electron chi connectivity index (χ2n) is 9.86. The van der Waals surface area contributed by atoms with Crippen LogP contribution in [0.1, 0.15) is 30.4 Å². The van der Waals surface area contributed by atoms with Gasteiger partial charge >= 0.3 is 0 Å². The molecule has 206 valence electrons. The second kappa shape index (κ2) is 11.4. The zero-order valence-corrected chi connectivity index (χ0v) is 23.5. The van der Waals surface area contributed by atoms with Crippen LogP contribution in [-0.2, 0) is 31.6 Å². The standard InChI is InChI=1S/C28H29Cl2N3O5S/c29-24-8-7-23(17-25(24)30)39(36,37)33-22(6-5-20-3-1-2-4-26(20)33)18-38-19-27(34)32-15-11-28(35,12-16-32)21-9-13-31-14-10-21/h1-4,7-10,13-14,17,22,35H,5-6,11-12,15-16,18-19H2. The van der Waals surface area contributed by atoms with Gasteiger partial charge in [-0.1, -0.05) is 41.4 Å². The summed E-state index contributed by atoms with van der Waals surface area (Å²) in [6.45, 7) is 0.674. The van der Waals surface area contributed by atoms with Crippen molar-refractivity contribution in [2.75, 3.05) is 30.6 Å². The number of anilines is 1. The number of nitrogens with zero attached hydrogens (tertiary/aromatic N) is 3. The molecule has 8 nitrogen and oxygen atoms in total.